The van der Waals surface area contributed by atoms with E-state index in [9.17, 15) is 9.18 Å². The molecule has 1 N–H and O–H groups in total. The third-order valence-electron chi connectivity index (χ3n) is 2.90. The number of halogens is 3. The molecule has 0 saturated carbocycles. The second-order valence-corrected chi connectivity index (χ2v) is 5.10. The molecule has 0 unspecified atom stereocenters. The van der Waals surface area contributed by atoms with Crippen molar-refractivity contribution < 1.29 is 23.8 Å². The minimum Gasteiger partial charge on any atom is -0.493 e. The Balaban J connectivity index is 2.32. The van der Waals surface area contributed by atoms with Gasteiger partial charge in [0.2, 0.25) is 0 Å². The number of hydrogen-bond acceptors (Lipinski definition) is 3. The molecule has 0 saturated heterocycles. The Morgan fingerprint density at radius 2 is 2.00 bits per heavy atom. The molecule has 2 aromatic rings. The lowest BCUT2D eigenvalue weighted by atomic mass is 10.2. The van der Waals surface area contributed by atoms with Crippen molar-refractivity contribution in [1.29, 1.82) is 0 Å². The number of benzene rings is 2. The maximum atomic E-state index is 13.7. The van der Waals surface area contributed by atoms with Crippen LogP contribution in [0.2, 0.25) is 10.0 Å². The Labute approximate surface area is 136 Å². The lowest BCUT2D eigenvalue weighted by molar-refractivity contribution is 0.0696. The van der Waals surface area contributed by atoms with Gasteiger partial charge in [-0.2, -0.15) is 0 Å². The maximum absolute atomic E-state index is 13.7. The Kier molecular flexibility index (Phi) is 5.11. The number of carboxylic acid groups (broad SMARTS) is 1. The fourth-order valence-electron chi connectivity index (χ4n) is 1.80. The van der Waals surface area contributed by atoms with Crippen LogP contribution in [0.4, 0.5) is 4.39 Å². The molecule has 0 fully saturated rings. The molecule has 22 heavy (non-hydrogen) atoms. The predicted molar refractivity (Wildman–Crippen MR) is 80.7 cm³/mol. The summed E-state index contributed by atoms with van der Waals surface area (Å²) < 4.78 is 24.2. The van der Waals surface area contributed by atoms with Gasteiger partial charge >= 0.3 is 5.97 Å². The van der Waals surface area contributed by atoms with Crippen molar-refractivity contribution in [3.8, 4) is 11.5 Å². The summed E-state index contributed by atoms with van der Waals surface area (Å²) in [5.41, 5.74) is 0.128. The van der Waals surface area contributed by atoms with Gasteiger partial charge in [0.1, 0.15) is 12.4 Å². The van der Waals surface area contributed by atoms with Gasteiger partial charge in [-0.1, -0.05) is 29.3 Å². The maximum Gasteiger partial charge on any atom is 0.335 e. The van der Waals surface area contributed by atoms with E-state index in [0.29, 0.717) is 0 Å². The summed E-state index contributed by atoms with van der Waals surface area (Å²) in [6.45, 7) is -0.173. The van der Waals surface area contributed by atoms with E-state index in [1.807, 2.05) is 0 Å². The zero-order valence-corrected chi connectivity index (χ0v) is 12.9. The summed E-state index contributed by atoms with van der Waals surface area (Å²) >= 11 is 11.9. The van der Waals surface area contributed by atoms with Crippen molar-refractivity contribution in [1.82, 2.24) is 0 Å². The minimum atomic E-state index is -1.15. The second-order valence-electron chi connectivity index (χ2n) is 4.28. The molecular formula is C15H11Cl2FO4. The van der Waals surface area contributed by atoms with Gasteiger partial charge in [-0.3, -0.25) is 0 Å². The van der Waals surface area contributed by atoms with Crippen molar-refractivity contribution in [2.45, 2.75) is 6.61 Å². The molecule has 0 spiro atoms. The molecule has 0 aliphatic carbocycles. The van der Waals surface area contributed by atoms with Crippen molar-refractivity contribution in [2.24, 2.45) is 0 Å². The largest absolute Gasteiger partial charge is 0.493 e. The Bertz CT molecular complexity index is 699. The normalized spacial score (nSPS) is 10.4. The van der Waals surface area contributed by atoms with Crippen LogP contribution in [0.1, 0.15) is 15.9 Å². The van der Waals surface area contributed by atoms with Crippen molar-refractivity contribution in [3.63, 3.8) is 0 Å². The van der Waals surface area contributed by atoms with Crippen LogP contribution in [0.3, 0.4) is 0 Å². The molecule has 0 aliphatic heterocycles. The smallest absolute Gasteiger partial charge is 0.335 e. The van der Waals surface area contributed by atoms with Gasteiger partial charge in [-0.15, -0.1) is 0 Å². The first kappa shape index (κ1) is 16.4. The average molecular weight is 345 g/mol. The van der Waals surface area contributed by atoms with Gasteiger partial charge in [0.25, 0.3) is 0 Å². The van der Waals surface area contributed by atoms with E-state index in [0.717, 1.165) is 0 Å². The highest BCUT2D eigenvalue weighted by Crippen LogP contribution is 2.37. The zero-order valence-electron chi connectivity index (χ0n) is 11.4. The number of methoxy groups -OCH3 is 1. The molecule has 7 heteroatoms. The molecule has 0 atom stereocenters. The Morgan fingerprint density at radius 3 is 2.59 bits per heavy atom. The zero-order chi connectivity index (χ0) is 16.3. The molecular weight excluding hydrogens is 334 g/mol. The summed E-state index contributed by atoms with van der Waals surface area (Å²) in [6, 6.07) is 6.78. The van der Waals surface area contributed by atoms with Crippen LogP contribution >= 0.6 is 23.2 Å². The third kappa shape index (κ3) is 3.43. The fourth-order valence-corrected chi connectivity index (χ4v) is 2.28. The van der Waals surface area contributed by atoms with Gasteiger partial charge in [-0.05, 0) is 24.3 Å². The average Bonchev–Trinajstić information content (AvgIpc) is 2.47. The minimum absolute atomic E-state index is 0.0434. The highest BCUT2D eigenvalue weighted by Gasteiger charge is 2.17. The van der Waals surface area contributed by atoms with Crippen LogP contribution in [0, 0.1) is 5.82 Å². The van der Waals surface area contributed by atoms with Gasteiger partial charge in [0.05, 0.1) is 22.7 Å². The number of rotatable bonds is 5. The summed E-state index contributed by atoms with van der Waals surface area (Å²) in [6.07, 6.45) is 0. The van der Waals surface area contributed by atoms with Crippen LogP contribution < -0.4 is 9.47 Å². The first-order chi connectivity index (χ1) is 10.4. The number of aromatic carboxylic acids is 1. The van der Waals surface area contributed by atoms with Crippen molar-refractivity contribution >= 4 is 29.2 Å². The number of hydrogen-bond donors (Lipinski definition) is 1. The van der Waals surface area contributed by atoms with Crippen LogP contribution in [0.15, 0.2) is 30.3 Å². The number of ether oxygens (including phenoxy) is 2. The van der Waals surface area contributed by atoms with E-state index >= 15 is 0 Å². The molecule has 4 nitrogen and oxygen atoms in total. The Morgan fingerprint density at radius 1 is 1.27 bits per heavy atom. The first-order valence-electron chi connectivity index (χ1n) is 6.10. The van der Waals surface area contributed by atoms with E-state index in [-0.39, 0.29) is 39.3 Å². The van der Waals surface area contributed by atoms with Crippen LogP contribution in [0.25, 0.3) is 0 Å². The van der Waals surface area contributed by atoms with Gasteiger partial charge in [0, 0.05) is 5.56 Å². The molecule has 0 amide bonds. The lowest BCUT2D eigenvalue weighted by Gasteiger charge is -2.14. The molecule has 116 valence electrons. The summed E-state index contributed by atoms with van der Waals surface area (Å²) in [7, 11) is 1.35. The quantitative estimate of drug-likeness (QED) is 0.872. The summed E-state index contributed by atoms with van der Waals surface area (Å²) in [4.78, 5) is 11.0. The molecule has 0 aliphatic rings. The first-order valence-corrected chi connectivity index (χ1v) is 6.86. The molecule has 0 aromatic heterocycles. The van der Waals surface area contributed by atoms with E-state index in [2.05, 4.69) is 0 Å². The van der Waals surface area contributed by atoms with E-state index in [4.69, 9.17) is 37.8 Å². The van der Waals surface area contributed by atoms with Crippen molar-refractivity contribution in [2.75, 3.05) is 7.11 Å². The van der Waals surface area contributed by atoms with Gasteiger partial charge in [-0.25, -0.2) is 9.18 Å². The molecule has 0 heterocycles. The fraction of sp³-hybridized carbons (Fsp3) is 0.133. The monoisotopic (exact) mass is 344 g/mol. The number of carboxylic acids is 1. The van der Waals surface area contributed by atoms with Gasteiger partial charge in [0.15, 0.2) is 11.5 Å². The molecule has 0 bridgehead atoms. The highest BCUT2D eigenvalue weighted by atomic mass is 35.5. The van der Waals surface area contributed by atoms with E-state index in [1.165, 1.54) is 37.4 Å². The van der Waals surface area contributed by atoms with Crippen molar-refractivity contribution in [3.05, 3.63) is 57.3 Å². The summed E-state index contributed by atoms with van der Waals surface area (Å²) in [5, 5.41) is 9.24. The third-order valence-corrected chi connectivity index (χ3v) is 3.53. The van der Waals surface area contributed by atoms with E-state index < -0.39 is 11.8 Å². The lowest BCUT2D eigenvalue weighted by Crippen LogP contribution is -2.03. The second kappa shape index (κ2) is 6.85. The SMILES string of the molecule is COc1cc(C(=O)O)cc(Cl)c1OCc1c(F)cccc1Cl. The topological polar surface area (TPSA) is 55.8 Å². The predicted octanol–water partition coefficient (Wildman–Crippen LogP) is 4.42. The van der Waals surface area contributed by atoms with E-state index in [1.54, 1.807) is 0 Å². The van der Waals surface area contributed by atoms with Crippen LogP contribution in [-0.4, -0.2) is 18.2 Å². The van der Waals surface area contributed by atoms with Crippen LogP contribution in [0.5, 0.6) is 11.5 Å². The summed E-state index contributed by atoms with van der Waals surface area (Å²) in [5.74, 6) is -1.40. The molecule has 2 aromatic carbocycles. The van der Waals surface area contributed by atoms with Crippen LogP contribution in [-0.2, 0) is 6.61 Å². The molecule has 0 radical (unpaired) electrons. The highest BCUT2D eigenvalue weighted by molar-refractivity contribution is 6.32. The number of carbonyl (C=O) groups is 1. The van der Waals surface area contributed by atoms with Gasteiger partial charge < -0.3 is 14.6 Å². The standard InChI is InChI=1S/C15H11Cl2FO4/c1-21-13-6-8(15(19)20)5-11(17)14(13)22-7-9-10(16)3-2-4-12(9)18/h2-6H,7H2,1H3,(H,19,20). The Hall–Kier alpha value is -1.98. The molecule has 2 rings (SSSR count).